The number of halogens is 1. The average Bonchev–Trinajstić information content (AvgIpc) is 3.27. The van der Waals surface area contributed by atoms with E-state index in [-0.39, 0.29) is 23.9 Å². The molecule has 10 heteroatoms. The van der Waals surface area contributed by atoms with Crippen molar-refractivity contribution in [2.45, 2.75) is 6.92 Å². The van der Waals surface area contributed by atoms with E-state index in [2.05, 4.69) is 26.0 Å². The molecule has 0 spiro atoms. The molecule has 9 nitrogen and oxygen atoms in total. The summed E-state index contributed by atoms with van der Waals surface area (Å²) in [6, 6.07) is 18.8. The van der Waals surface area contributed by atoms with Gasteiger partial charge in [-0.05, 0) is 49.4 Å². The standard InChI is InChI=1S/C25H17BrN4O5/c1-2-34-23-15(6-5-9-20(23)30(32)33)14-27-29-24(28-19-8-4-3-7-18(19)25(29)31)22-13-16-12-17(26)10-11-21(16)35-22/h3-14H,2H2,1H3. The van der Waals surface area contributed by atoms with E-state index in [1.807, 2.05) is 18.2 Å². The van der Waals surface area contributed by atoms with Crippen molar-refractivity contribution in [3.05, 3.63) is 97.2 Å². The molecule has 0 aliphatic rings. The number of fused-ring (bicyclic) bond motifs is 2. The average molecular weight is 533 g/mol. The van der Waals surface area contributed by atoms with Gasteiger partial charge in [-0.2, -0.15) is 9.78 Å². The van der Waals surface area contributed by atoms with Gasteiger partial charge in [0.2, 0.25) is 11.6 Å². The molecule has 0 aliphatic heterocycles. The molecule has 0 fully saturated rings. The van der Waals surface area contributed by atoms with Crippen molar-refractivity contribution < 1.29 is 14.1 Å². The van der Waals surface area contributed by atoms with Gasteiger partial charge in [0.15, 0.2) is 5.76 Å². The molecule has 35 heavy (non-hydrogen) atoms. The summed E-state index contributed by atoms with van der Waals surface area (Å²) in [5.74, 6) is 0.614. The first-order chi connectivity index (χ1) is 17.0. The quantitative estimate of drug-likeness (QED) is 0.156. The van der Waals surface area contributed by atoms with Crippen LogP contribution in [0.4, 0.5) is 5.69 Å². The third-order valence-electron chi connectivity index (χ3n) is 5.27. The maximum Gasteiger partial charge on any atom is 0.311 e. The Morgan fingerprint density at radius 1 is 1.17 bits per heavy atom. The maximum absolute atomic E-state index is 13.4. The zero-order chi connectivity index (χ0) is 24.5. The van der Waals surface area contributed by atoms with Gasteiger partial charge in [0, 0.05) is 21.5 Å². The molecule has 0 unspecified atom stereocenters. The number of nitro benzene ring substituents is 1. The first-order valence-corrected chi connectivity index (χ1v) is 11.4. The number of rotatable bonds is 6. The summed E-state index contributed by atoms with van der Waals surface area (Å²) in [6.45, 7) is 1.95. The summed E-state index contributed by atoms with van der Waals surface area (Å²) in [6.07, 6.45) is 1.35. The van der Waals surface area contributed by atoms with E-state index >= 15 is 0 Å². The van der Waals surface area contributed by atoms with Crippen LogP contribution in [0.1, 0.15) is 12.5 Å². The first-order valence-electron chi connectivity index (χ1n) is 10.6. The lowest BCUT2D eigenvalue weighted by Crippen LogP contribution is -2.20. The minimum absolute atomic E-state index is 0.0701. The summed E-state index contributed by atoms with van der Waals surface area (Å²) in [5, 5.41) is 17.0. The third-order valence-corrected chi connectivity index (χ3v) is 5.77. The van der Waals surface area contributed by atoms with E-state index in [0.717, 1.165) is 14.5 Å². The van der Waals surface area contributed by atoms with Crippen LogP contribution in [0.2, 0.25) is 0 Å². The fourth-order valence-electron chi connectivity index (χ4n) is 3.72. The number of hydrogen-bond acceptors (Lipinski definition) is 7. The maximum atomic E-state index is 13.4. The van der Waals surface area contributed by atoms with E-state index in [9.17, 15) is 14.9 Å². The van der Waals surface area contributed by atoms with Gasteiger partial charge in [-0.25, -0.2) is 4.98 Å². The molecular weight excluding hydrogens is 516 g/mol. The van der Waals surface area contributed by atoms with Crippen molar-refractivity contribution in [3.8, 4) is 17.3 Å². The van der Waals surface area contributed by atoms with Gasteiger partial charge < -0.3 is 9.15 Å². The molecule has 0 bridgehead atoms. The van der Waals surface area contributed by atoms with Gasteiger partial charge in [-0.15, -0.1) is 0 Å². The number of para-hydroxylation sites is 2. The Labute approximate surface area is 206 Å². The highest BCUT2D eigenvalue weighted by Gasteiger charge is 2.19. The monoisotopic (exact) mass is 532 g/mol. The summed E-state index contributed by atoms with van der Waals surface area (Å²) in [5.41, 5.74) is 0.861. The molecule has 0 amide bonds. The molecule has 0 saturated carbocycles. The molecule has 0 atom stereocenters. The second-order valence-corrected chi connectivity index (χ2v) is 8.41. The zero-order valence-corrected chi connectivity index (χ0v) is 19.9. The molecule has 174 valence electrons. The SMILES string of the molecule is CCOc1c(C=Nn2c(-c3cc4cc(Br)ccc4o3)nc3ccccc3c2=O)cccc1[N+](=O)[O-]. The molecule has 5 rings (SSSR count). The van der Waals surface area contributed by atoms with Crippen molar-refractivity contribution in [3.63, 3.8) is 0 Å². The molecule has 2 heterocycles. The summed E-state index contributed by atoms with van der Waals surface area (Å²) in [7, 11) is 0. The van der Waals surface area contributed by atoms with Gasteiger partial charge in [0.1, 0.15) is 5.58 Å². The van der Waals surface area contributed by atoms with Crippen LogP contribution in [0.15, 0.2) is 85.5 Å². The number of benzene rings is 3. The van der Waals surface area contributed by atoms with Crippen molar-refractivity contribution >= 4 is 49.7 Å². The largest absolute Gasteiger partial charge is 0.487 e. The van der Waals surface area contributed by atoms with Crippen LogP contribution in [-0.2, 0) is 0 Å². The molecule has 0 saturated heterocycles. The van der Waals surface area contributed by atoms with Gasteiger partial charge in [0.25, 0.3) is 5.56 Å². The molecule has 0 radical (unpaired) electrons. The third kappa shape index (κ3) is 4.19. The van der Waals surface area contributed by atoms with Crippen LogP contribution in [-0.4, -0.2) is 27.4 Å². The van der Waals surface area contributed by atoms with E-state index in [1.54, 1.807) is 43.3 Å². The topological polar surface area (TPSA) is 113 Å². The molecule has 0 N–H and O–H groups in total. The van der Waals surface area contributed by atoms with Crippen molar-refractivity contribution in [2.75, 3.05) is 6.61 Å². The van der Waals surface area contributed by atoms with Crippen LogP contribution < -0.4 is 10.3 Å². The van der Waals surface area contributed by atoms with Crippen LogP contribution in [0.3, 0.4) is 0 Å². The minimum atomic E-state index is -0.524. The normalized spacial score (nSPS) is 11.5. The Morgan fingerprint density at radius 3 is 2.80 bits per heavy atom. The fourth-order valence-corrected chi connectivity index (χ4v) is 4.10. The van der Waals surface area contributed by atoms with Crippen molar-refractivity contribution in [1.82, 2.24) is 9.66 Å². The number of nitro groups is 1. The van der Waals surface area contributed by atoms with E-state index in [0.29, 0.717) is 27.8 Å². The highest BCUT2D eigenvalue weighted by Crippen LogP contribution is 2.31. The van der Waals surface area contributed by atoms with Crippen molar-refractivity contribution in [1.29, 1.82) is 0 Å². The second kappa shape index (κ2) is 9.15. The van der Waals surface area contributed by atoms with Crippen molar-refractivity contribution in [2.24, 2.45) is 5.10 Å². The van der Waals surface area contributed by atoms with E-state index in [1.165, 1.54) is 18.3 Å². The predicted molar refractivity (Wildman–Crippen MR) is 136 cm³/mol. The molecule has 2 aromatic heterocycles. The second-order valence-electron chi connectivity index (χ2n) is 7.49. The summed E-state index contributed by atoms with van der Waals surface area (Å²) >= 11 is 3.45. The van der Waals surface area contributed by atoms with Crippen LogP contribution >= 0.6 is 15.9 Å². The minimum Gasteiger partial charge on any atom is -0.487 e. The number of nitrogens with zero attached hydrogens (tertiary/aromatic N) is 4. The number of hydrogen-bond donors (Lipinski definition) is 0. The zero-order valence-electron chi connectivity index (χ0n) is 18.3. The highest BCUT2D eigenvalue weighted by molar-refractivity contribution is 9.10. The Hall–Kier alpha value is -4.31. The lowest BCUT2D eigenvalue weighted by atomic mass is 10.2. The van der Waals surface area contributed by atoms with E-state index in [4.69, 9.17) is 9.15 Å². The first kappa shape index (κ1) is 22.5. The molecule has 0 aliphatic carbocycles. The summed E-state index contributed by atoms with van der Waals surface area (Å²) < 4.78 is 13.5. The molecule has 3 aromatic carbocycles. The lowest BCUT2D eigenvalue weighted by Gasteiger charge is -2.09. The Bertz CT molecular complexity index is 1690. The number of furan rings is 1. The van der Waals surface area contributed by atoms with Crippen LogP contribution in [0.5, 0.6) is 5.75 Å². The fraction of sp³-hybridized carbons (Fsp3) is 0.0800. The number of aromatic nitrogens is 2. The predicted octanol–water partition coefficient (Wildman–Crippen LogP) is 5.76. The van der Waals surface area contributed by atoms with E-state index < -0.39 is 10.5 Å². The Kier molecular flexibility index (Phi) is 5.87. The Balaban J connectivity index is 1.72. The van der Waals surface area contributed by atoms with Gasteiger partial charge in [0.05, 0.1) is 28.6 Å². The Morgan fingerprint density at radius 2 is 2.00 bits per heavy atom. The highest BCUT2D eigenvalue weighted by atomic mass is 79.9. The van der Waals surface area contributed by atoms with Crippen LogP contribution in [0, 0.1) is 10.1 Å². The summed E-state index contributed by atoms with van der Waals surface area (Å²) in [4.78, 5) is 29.0. The van der Waals surface area contributed by atoms with Crippen LogP contribution in [0.25, 0.3) is 33.5 Å². The number of ether oxygens (including phenoxy) is 1. The van der Waals surface area contributed by atoms with Gasteiger partial charge in [-0.3, -0.25) is 14.9 Å². The molecular formula is C25H17BrN4O5. The van der Waals surface area contributed by atoms with Gasteiger partial charge in [-0.1, -0.05) is 34.1 Å². The smallest absolute Gasteiger partial charge is 0.311 e. The lowest BCUT2D eigenvalue weighted by molar-refractivity contribution is -0.385. The van der Waals surface area contributed by atoms with Gasteiger partial charge >= 0.3 is 5.69 Å². The molecule has 5 aromatic rings.